The minimum Gasteiger partial charge on any atom is -0.481 e. The van der Waals surface area contributed by atoms with Gasteiger partial charge >= 0.3 is 5.97 Å². The highest BCUT2D eigenvalue weighted by Crippen LogP contribution is 2.59. The number of primary amides is 1. The van der Waals surface area contributed by atoms with E-state index in [-0.39, 0.29) is 17.8 Å². The molecule has 9 nitrogen and oxygen atoms in total. The molecule has 1 aliphatic carbocycles. The maximum atomic E-state index is 12.7. The summed E-state index contributed by atoms with van der Waals surface area (Å²) < 4.78 is 1.56. The molecule has 1 aliphatic heterocycles. The summed E-state index contributed by atoms with van der Waals surface area (Å²) in [4.78, 5) is 40.7. The van der Waals surface area contributed by atoms with E-state index in [1.54, 1.807) is 9.58 Å². The summed E-state index contributed by atoms with van der Waals surface area (Å²) in [6.07, 6.45) is 3.04. The van der Waals surface area contributed by atoms with Gasteiger partial charge in [-0.3, -0.25) is 14.4 Å². The first kappa shape index (κ1) is 16.4. The molecule has 3 rings (SSSR count). The molecule has 0 spiro atoms. The third-order valence-corrected chi connectivity index (χ3v) is 5.17. The van der Waals surface area contributed by atoms with E-state index in [0.717, 1.165) is 12.8 Å². The standard InChI is InChI=1S/C15H21N5O4/c1-15(2)9(10(15)14(23)24)13(22)19-5-3-4-8(6-19)20-7-17-12(18-20)11(16)21/h7-10H,3-6H2,1-2H3,(H2,16,21)(H,23,24)/t8?,9-,10+/m1/s1. The number of piperidine rings is 1. The van der Waals surface area contributed by atoms with Crippen LogP contribution in [0.4, 0.5) is 0 Å². The van der Waals surface area contributed by atoms with E-state index >= 15 is 0 Å². The predicted molar refractivity (Wildman–Crippen MR) is 81.8 cm³/mol. The lowest BCUT2D eigenvalue weighted by atomic mass is 10.0. The number of rotatable bonds is 4. The number of amides is 2. The highest BCUT2D eigenvalue weighted by molar-refractivity contribution is 5.91. The van der Waals surface area contributed by atoms with Crippen LogP contribution in [-0.2, 0) is 9.59 Å². The van der Waals surface area contributed by atoms with Crippen molar-refractivity contribution in [2.45, 2.75) is 32.7 Å². The third kappa shape index (κ3) is 2.63. The van der Waals surface area contributed by atoms with Crippen molar-refractivity contribution in [1.29, 1.82) is 0 Å². The third-order valence-electron chi connectivity index (χ3n) is 5.17. The van der Waals surface area contributed by atoms with Crippen molar-refractivity contribution in [2.24, 2.45) is 23.0 Å². The zero-order valence-electron chi connectivity index (χ0n) is 13.7. The van der Waals surface area contributed by atoms with Crippen LogP contribution in [0.25, 0.3) is 0 Å². The lowest BCUT2D eigenvalue weighted by Gasteiger charge is -2.33. The van der Waals surface area contributed by atoms with Gasteiger partial charge < -0.3 is 15.7 Å². The summed E-state index contributed by atoms with van der Waals surface area (Å²) in [7, 11) is 0. The largest absolute Gasteiger partial charge is 0.481 e. The fourth-order valence-electron chi connectivity index (χ4n) is 3.69. The van der Waals surface area contributed by atoms with Crippen LogP contribution in [0, 0.1) is 17.3 Å². The number of carbonyl (C=O) groups excluding carboxylic acids is 2. The van der Waals surface area contributed by atoms with Crippen molar-refractivity contribution in [3.8, 4) is 0 Å². The Labute approximate surface area is 138 Å². The minimum atomic E-state index is -0.922. The van der Waals surface area contributed by atoms with E-state index in [1.165, 1.54) is 6.33 Å². The van der Waals surface area contributed by atoms with Gasteiger partial charge in [-0.05, 0) is 18.3 Å². The molecule has 3 N–H and O–H groups in total. The Balaban J connectivity index is 1.70. The monoisotopic (exact) mass is 335 g/mol. The van der Waals surface area contributed by atoms with Crippen molar-refractivity contribution in [3.05, 3.63) is 12.2 Å². The van der Waals surface area contributed by atoms with Crippen LogP contribution in [0.5, 0.6) is 0 Å². The smallest absolute Gasteiger partial charge is 0.307 e. The maximum Gasteiger partial charge on any atom is 0.307 e. The number of carbonyl (C=O) groups is 3. The second-order valence-electron chi connectivity index (χ2n) is 7.11. The molecule has 0 radical (unpaired) electrons. The van der Waals surface area contributed by atoms with Gasteiger partial charge in [0.2, 0.25) is 11.7 Å². The van der Waals surface area contributed by atoms with Crippen LogP contribution >= 0.6 is 0 Å². The molecule has 2 aliphatic rings. The summed E-state index contributed by atoms with van der Waals surface area (Å²) in [6.45, 7) is 4.66. The molecule has 0 bridgehead atoms. The fraction of sp³-hybridized carbons (Fsp3) is 0.667. The SMILES string of the molecule is CC1(C)[C@H](C(=O)O)[C@@H]1C(=O)N1CCCC(n2cnc(C(N)=O)n2)C1. The Kier molecular flexibility index (Phi) is 3.81. The summed E-state index contributed by atoms with van der Waals surface area (Å²) in [5.74, 6) is -2.89. The van der Waals surface area contributed by atoms with Crippen molar-refractivity contribution in [3.63, 3.8) is 0 Å². The molecule has 2 amide bonds. The van der Waals surface area contributed by atoms with E-state index in [4.69, 9.17) is 5.73 Å². The van der Waals surface area contributed by atoms with E-state index in [0.29, 0.717) is 13.1 Å². The number of hydrogen-bond donors (Lipinski definition) is 2. The van der Waals surface area contributed by atoms with Gasteiger partial charge in [0, 0.05) is 13.1 Å². The molecular weight excluding hydrogens is 314 g/mol. The molecular formula is C15H21N5O4. The van der Waals surface area contributed by atoms with Crippen LogP contribution < -0.4 is 5.73 Å². The van der Waals surface area contributed by atoms with Gasteiger partial charge in [0.25, 0.3) is 5.91 Å². The first-order valence-electron chi connectivity index (χ1n) is 7.96. The second kappa shape index (κ2) is 5.57. The predicted octanol–water partition coefficient (Wildman–Crippen LogP) is -0.103. The van der Waals surface area contributed by atoms with Gasteiger partial charge in [-0.1, -0.05) is 13.8 Å². The maximum absolute atomic E-state index is 12.7. The Morgan fingerprint density at radius 3 is 2.58 bits per heavy atom. The van der Waals surface area contributed by atoms with Crippen molar-refractivity contribution < 1.29 is 19.5 Å². The average molecular weight is 335 g/mol. The number of carboxylic acids is 1. The first-order chi connectivity index (χ1) is 11.2. The van der Waals surface area contributed by atoms with Crippen molar-refractivity contribution in [2.75, 3.05) is 13.1 Å². The number of nitrogens with zero attached hydrogens (tertiary/aromatic N) is 4. The Morgan fingerprint density at radius 1 is 1.33 bits per heavy atom. The van der Waals surface area contributed by atoms with Crippen molar-refractivity contribution in [1.82, 2.24) is 19.7 Å². The topological polar surface area (TPSA) is 131 Å². The number of nitrogens with two attached hydrogens (primary N) is 1. The van der Waals surface area contributed by atoms with Gasteiger partial charge in [0.1, 0.15) is 6.33 Å². The number of hydrogen-bond acceptors (Lipinski definition) is 5. The highest BCUT2D eigenvalue weighted by Gasteiger charge is 2.66. The lowest BCUT2D eigenvalue weighted by Crippen LogP contribution is -2.42. The lowest BCUT2D eigenvalue weighted by molar-refractivity contribution is -0.142. The molecule has 1 saturated heterocycles. The van der Waals surface area contributed by atoms with Gasteiger partial charge in [0.05, 0.1) is 17.9 Å². The van der Waals surface area contributed by atoms with E-state index in [1.807, 2.05) is 13.8 Å². The molecule has 1 aromatic heterocycles. The molecule has 24 heavy (non-hydrogen) atoms. The zero-order valence-corrected chi connectivity index (χ0v) is 13.7. The Bertz CT molecular complexity index is 698. The summed E-state index contributed by atoms with van der Waals surface area (Å²) in [6, 6.07) is -0.0894. The van der Waals surface area contributed by atoms with Gasteiger partial charge in [0.15, 0.2) is 0 Å². The van der Waals surface area contributed by atoms with Gasteiger partial charge in [-0.15, -0.1) is 5.10 Å². The van der Waals surface area contributed by atoms with Gasteiger partial charge in [-0.2, -0.15) is 0 Å². The van der Waals surface area contributed by atoms with Crippen LogP contribution in [0.3, 0.4) is 0 Å². The molecule has 3 atom stereocenters. The van der Waals surface area contributed by atoms with Crippen LogP contribution in [0.2, 0.25) is 0 Å². The molecule has 130 valence electrons. The highest BCUT2D eigenvalue weighted by atomic mass is 16.4. The number of carboxylic acid groups (broad SMARTS) is 1. The summed E-state index contributed by atoms with van der Waals surface area (Å²) in [5, 5.41) is 13.3. The normalized spacial score (nSPS) is 28.4. The van der Waals surface area contributed by atoms with Crippen LogP contribution in [0.1, 0.15) is 43.3 Å². The van der Waals surface area contributed by atoms with E-state index in [9.17, 15) is 19.5 Å². The zero-order chi connectivity index (χ0) is 17.6. The van der Waals surface area contributed by atoms with Crippen LogP contribution in [-0.4, -0.2) is 55.6 Å². The number of likely N-dealkylation sites (tertiary alicyclic amines) is 1. The molecule has 1 aromatic rings. The van der Waals surface area contributed by atoms with E-state index in [2.05, 4.69) is 10.1 Å². The number of aromatic nitrogens is 3. The molecule has 0 aromatic carbocycles. The van der Waals surface area contributed by atoms with Crippen LogP contribution in [0.15, 0.2) is 6.33 Å². The fourth-order valence-corrected chi connectivity index (χ4v) is 3.69. The Morgan fingerprint density at radius 2 is 2.04 bits per heavy atom. The molecule has 2 fully saturated rings. The molecule has 1 unspecified atom stereocenters. The number of aliphatic carboxylic acids is 1. The molecule has 2 heterocycles. The first-order valence-corrected chi connectivity index (χ1v) is 7.96. The molecule has 9 heteroatoms. The minimum absolute atomic E-state index is 0.0484. The second-order valence-corrected chi connectivity index (χ2v) is 7.11. The summed E-state index contributed by atoms with van der Waals surface area (Å²) >= 11 is 0. The van der Waals surface area contributed by atoms with Crippen molar-refractivity contribution >= 4 is 17.8 Å². The molecule has 1 saturated carbocycles. The average Bonchev–Trinajstić information content (AvgIpc) is 2.88. The summed E-state index contributed by atoms with van der Waals surface area (Å²) in [5.41, 5.74) is 4.64. The Hall–Kier alpha value is -2.45. The van der Waals surface area contributed by atoms with E-state index < -0.39 is 29.1 Å². The van der Waals surface area contributed by atoms with Gasteiger partial charge in [-0.25, -0.2) is 9.67 Å². The quantitative estimate of drug-likeness (QED) is 0.789.